The molecule has 4 N–H and O–H groups in total. The summed E-state index contributed by atoms with van der Waals surface area (Å²) in [6.45, 7) is 5.12. The third-order valence-electron chi connectivity index (χ3n) is 7.02. The standard InChI is InChI=1S/C32H29N3O4/c1-20-21(2)35(19-22-10-12-24(13-11-22)27-8-3-4-9-28(27)31(37)38)30-15-14-25(17-29(20)30)34-32(39)33-18-23-6-5-7-26(36)16-23/h3-17,36H,18-19H2,1-2H3,(H,37,38)(H2,33,34,39). The van der Waals surface area contributed by atoms with Crippen LogP contribution in [-0.2, 0) is 13.1 Å². The zero-order valence-corrected chi connectivity index (χ0v) is 21.7. The minimum absolute atomic E-state index is 0.162. The van der Waals surface area contributed by atoms with Gasteiger partial charge in [-0.15, -0.1) is 0 Å². The summed E-state index contributed by atoms with van der Waals surface area (Å²) in [5.74, 6) is -0.780. The van der Waals surface area contributed by atoms with Crippen LogP contribution in [-0.4, -0.2) is 26.8 Å². The lowest BCUT2D eigenvalue weighted by Crippen LogP contribution is -2.28. The first-order valence-electron chi connectivity index (χ1n) is 12.6. The molecule has 7 heteroatoms. The minimum Gasteiger partial charge on any atom is -0.508 e. The molecule has 5 rings (SSSR count). The Morgan fingerprint density at radius 2 is 1.62 bits per heavy atom. The van der Waals surface area contributed by atoms with Gasteiger partial charge in [0, 0.05) is 35.4 Å². The number of nitrogens with zero attached hydrogens (tertiary/aromatic N) is 1. The molecule has 0 saturated carbocycles. The highest BCUT2D eigenvalue weighted by atomic mass is 16.4. The number of nitrogens with one attached hydrogen (secondary N) is 2. The molecular weight excluding hydrogens is 490 g/mol. The number of phenolic OH excluding ortho intramolecular Hbond substituents is 1. The molecule has 0 aliphatic carbocycles. The number of carboxylic acids is 1. The van der Waals surface area contributed by atoms with Gasteiger partial charge in [0.2, 0.25) is 0 Å². The summed E-state index contributed by atoms with van der Waals surface area (Å²) in [4.78, 5) is 24.1. The van der Waals surface area contributed by atoms with E-state index in [4.69, 9.17) is 0 Å². The maximum absolute atomic E-state index is 12.5. The van der Waals surface area contributed by atoms with E-state index in [9.17, 15) is 19.8 Å². The van der Waals surface area contributed by atoms with Crippen LogP contribution < -0.4 is 10.6 Å². The summed E-state index contributed by atoms with van der Waals surface area (Å²) in [7, 11) is 0. The van der Waals surface area contributed by atoms with Crippen molar-refractivity contribution in [1.29, 1.82) is 0 Å². The van der Waals surface area contributed by atoms with Crippen LogP contribution in [0.15, 0.2) is 91.0 Å². The Morgan fingerprint density at radius 3 is 2.36 bits per heavy atom. The number of benzene rings is 4. The molecule has 0 spiro atoms. The number of hydrogen-bond acceptors (Lipinski definition) is 3. The number of rotatable bonds is 7. The highest BCUT2D eigenvalue weighted by Gasteiger charge is 2.14. The predicted octanol–water partition coefficient (Wildman–Crippen LogP) is 6.70. The van der Waals surface area contributed by atoms with Gasteiger partial charge < -0.3 is 25.4 Å². The van der Waals surface area contributed by atoms with Crippen LogP contribution in [0.3, 0.4) is 0 Å². The van der Waals surface area contributed by atoms with Gasteiger partial charge in [-0.3, -0.25) is 0 Å². The largest absolute Gasteiger partial charge is 0.508 e. The maximum Gasteiger partial charge on any atom is 0.336 e. The van der Waals surface area contributed by atoms with E-state index in [0.29, 0.717) is 24.3 Å². The Morgan fingerprint density at radius 1 is 0.846 bits per heavy atom. The number of phenols is 1. The topological polar surface area (TPSA) is 104 Å². The van der Waals surface area contributed by atoms with Crippen molar-refractivity contribution in [2.24, 2.45) is 0 Å². The Hall–Kier alpha value is -5.04. The fourth-order valence-electron chi connectivity index (χ4n) is 4.85. The van der Waals surface area contributed by atoms with Gasteiger partial charge in [0.25, 0.3) is 0 Å². The van der Waals surface area contributed by atoms with E-state index in [-0.39, 0.29) is 17.3 Å². The number of hydrogen-bond donors (Lipinski definition) is 4. The Kier molecular flexibility index (Phi) is 7.06. The molecule has 0 fully saturated rings. The number of anilines is 1. The van der Waals surface area contributed by atoms with Crippen LogP contribution in [0.4, 0.5) is 10.5 Å². The number of carbonyl (C=O) groups is 2. The minimum atomic E-state index is -0.942. The molecule has 7 nitrogen and oxygen atoms in total. The molecule has 4 aromatic carbocycles. The average molecular weight is 520 g/mol. The summed E-state index contributed by atoms with van der Waals surface area (Å²) in [5.41, 5.74) is 7.78. The zero-order valence-electron chi connectivity index (χ0n) is 21.7. The van der Waals surface area contributed by atoms with Crippen molar-refractivity contribution >= 4 is 28.6 Å². The number of urea groups is 1. The van der Waals surface area contributed by atoms with E-state index in [1.54, 1.807) is 30.3 Å². The second-order valence-corrected chi connectivity index (χ2v) is 9.55. The summed E-state index contributed by atoms with van der Waals surface area (Å²) in [5, 5.41) is 25.9. The molecule has 0 aliphatic rings. The highest BCUT2D eigenvalue weighted by Crippen LogP contribution is 2.30. The number of fused-ring (bicyclic) bond motifs is 1. The van der Waals surface area contributed by atoms with Crippen molar-refractivity contribution in [2.45, 2.75) is 26.9 Å². The van der Waals surface area contributed by atoms with Crippen molar-refractivity contribution in [2.75, 3.05) is 5.32 Å². The number of aromatic nitrogens is 1. The Labute approximate surface area is 226 Å². The first-order chi connectivity index (χ1) is 18.8. The molecule has 0 bridgehead atoms. The fourth-order valence-corrected chi connectivity index (χ4v) is 4.85. The normalized spacial score (nSPS) is 10.9. The van der Waals surface area contributed by atoms with Gasteiger partial charge in [0.1, 0.15) is 5.75 Å². The van der Waals surface area contributed by atoms with Crippen molar-refractivity contribution in [3.63, 3.8) is 0 Å². The molecule has 196 valence electrons. The van der Waals surface area contributed by atoms with Crippen LogP contribution in [0, 0.1) is 13.8 Å². The molecule has 0 saturated heterocycles. The lowest BCUT2D eigenvalue weighted by Gasteiger charge is -2.11. The summed E-state index contributed by atoms with van der Waals surface area (Å²) < 4.78 is 2.25. The molecular formula is C32H29N3O4. The van der Waals surface area contributed by atoms with Gasteiger partial charge in [-0.05, 0) is 78.1 Å². The Bertz CT molecular complexity index is 1690. The number of aromatic carboxylic acids is 1. The summed E-state index contributed by atoms with van der Waals surface area (Å²) in [6.07, 6.45) is 0. The zero-order chi connectivity index (χ0) is 27.5. The predicted molar refractivity (Wildman–Crippen MR) is 153 cm³/mol. The lowest BCUT2D eigenvalue weighted by atomic mass is 9.99. The van der Waals surface area contributed by atoms with Crippen molar-refractivity contribution < 1.29 is 19.8 Å². The number of amides is 2. The van der Waals surface area contributed by atoms with Gasteiger partial charge >= 0.3 is 12.0 Å². The van der Waals surface area contributed by atoms with Crippen LogP contribution in [0.25, 0.3) is 22.0 Å². The van der Waals surface area contributed by atoms with Crippen molar-refractivity contribution in [3.8, 4) is 16.9 Å². The van der Waals surface area contributed by atoms with Crippen LogP contribution >= 0.6 is 0 Å². The van der Waals surface area contributed by atoms with Gasteiger partial charge in [-0.25, -0.2) is 9.59 Å². The number of carbonyl (C=O) groups excluding carboxylic acids is 1. The molecule has 1 aromatic heterocycles. The Balaban J connectivity index is 1.32. The highest BCUT2D eigenvalue weighted by molar-refractivity contribution is 5.96. The van der Waals surface area contributed by atoms with Gasteiger partial charge in [0.15, 0.2) is 0 Å². The lowest BCUT2D eigenvalue weighted by molar-refractivity contribution is 0.0697. The third-order valence-corrected chi connectivity index (χ3v) is 7.02. The summed E-state index contributed by atoms with van der Waals surface area (Å²) >= 11 is 0. The second-order valence-electron chi connectivity index (χ2n) is 9.55. The van der Waals surface area contributed by atoms with Gasteiger partial charge in [-0.2, -0.15) is 0 Å². The molecule has 0 aliphatic heterocycles. The molecule has 2 amide bonds. The quantitative estimate of drug-likeness (QED) is 0.192. The molecule has 1 heterocycles. The van der Waals surface area contributed by atoms with Crippen molar-refractivity contribution in [1.82, 2.24) is 9.88 Å². The van der Waals surface area contributed by atoms with E-state index < -0.39 is 5.97 Å². The number of aryl methyl sites for hydroxylation is 1. The molecule has 0 atom stereocenters. The van der Waals surface area contributed by atoms with E-state index in [0.717, 1.165) is 38.9 Å². The second kappa shape index (κ2) is 10.8. The number of aromatic hydroxyl groups is 1. The first-order valence-corrected chi connectivity index (χ1v) is 12.6. The maximum atomic E-state index is 12.5. The van der Waals surface area contributed by atoms with Crippen molar-refractivity contribution in [3.05, 3.63) is 119 Å². The molecule has 5 aromatic rings. The van der Waals surface area contributed by atoms with Crippen LogP contribution in [0.5, 0.6) is 5.75 Å². The monoisotopic (exact) mass is 519 g/mol. The third kappa shape index (κ3) is 5.48. The SMILES string of the molecule is Cc1c(C)n(Cc2ccc(-c3ccccc3C(=O)O)cc2)c2ccc(NC(=O)NCc3cccc(O)c3)cc12. The summed E-state index contributed by atoms with van der Waals surface area (Å²) in [6, 6.07) is 27.3. The average Bonchev–Trinajstić information content (AvgIpc) is 3.16. The van der Waals surface area contributed by atoms with Crippen LogP contribution in [0.1, 0.15) is 32.7 Å². The number of carboxylic acid groups (broad SMARTS) is 1. The van der Waals surface area contributed by atoms with E-state index in [1.807, 2.05) is 60.7 Å². The first kappa shape index (κ1) is 25.6. The smallest absolute Gasteiger partial charge is 0.336 e. The van der Waals surface area contributed by atoms with E-state index in [1.165, 1.54) is 0 Å². The van der Waals surface area contributed by atoms with E-state index in [2.05, 4.69) is 29.0 Å². The molecule has 0 unspecified atom stereocenters. The van der Waals surface area contributed by atoms with E-state index >= 15 is 0 Å². The van der Waals surface area contributed by atoms with Crippen LogP contribution in [0.2, 0.25) is 0 Å². The van der Waals surface area contributed by atoms with Gasteiger partial charge in [0.05, 0.1) is 5.56 Å². The van der Waals surface area contributed by atoms with Gasteiger partial charge in [-0.1, -0.05) is 54.6 Å². The molecule has 0 radical (unpaired) electrons. The fraction of sp³-hybridized carbons (Fsp3) is 0.125. The molecule has 39 heavy (non-hydrogen) atoms.